The van der Waals surface area contributed by atoms with Crippen LogP contribution in [0.2, 0.25) is 0 Å². The minimum atomic E-state index is -0.815. The van der Waals surface area contributed by atoms with Crippen molar-refractivity contribution in [2.45, 2.75) is 160 Å². The normalized spacial score (nSPS) is 32.4. The number of piperidine rings is 2. The summed E-state index contributed by atoms with van der Waals surface area (Å²) >= 11 is 0. The number of hydrogen-bond acceptors (Lipinski definition) is 17. The van der Waals surface area contributed by atoms with Gasteiger partial charge in [0.05, 0.1) is 13.2 Å². The second kappa shape index (κ2) is 19.4. The number of rotatable bonds is 11. The molecule has 0 aliphatic carbocycles. The van der Waals surface area contributed by atoms with E-state index in [1.807, 2.05) is 51.1 Å². The molecule has 1 aromatic rings. The number of nitrogens with one attached hydrogen (secondary N) is 1. The fourth-order valence-electron chi connectivity index (χ4n) is 8.31. The number of carbonyl (C=O) groups excluding carboxylic acids is 3. The molecule has 6 heterocycles. The minimum Gasteiger partial charge on any atom is -0.445 e. The van der Waals surface area contributed by atoms with E-state index in [4.69, 9.17) is 57.8 Å². The first-order valence-corrected chi connectivity index (χ1v) is 21.3. The Bertz CT molecular complexity index is 1580. The Morgan fingerprint density at radius 2 is 1.13 bits per heavy atom. The van der Waals surface area contributed by atoms with Gasteiger partial charge >= 0.3 is 18.4 Å². The molecule has 60 heavy (non-hydrogen) atoms. The number of benzene rings is 1. The summed E-state index contributed by atoms with van der Waals surface area (Å²) < 4.78 is 62.0. The van der Waals surface area contributed by atoms with E-state index in [1.165, 1.54) is 0 Å². The summed E-state index contributed by atoms with van der Waals surface area (Å²) in [5.74, 6) is -1.58. The van der Waals surface area contributed by atoms with Crippen LogP contribution in [0.5, 0.6) is 0 Å². The van der Waals surface area contributed by atoms with Gasteiger partial charge in [-0.15, -0.1) is 0 Å². The minimum absolute atomic E-state index is 0.110. The molecule has 0 saturated carbocycles. The summed E-state index contributed by atoms with van der Waals surface area (Å²) in [5, 5.41) is 3.03. The third kappa shape index (κ3) is 12.4. The summed E-state index contributed by atoms with van der Waals surface area (Å²) in [5.41, 5.74) is 6.66. The van der Waals surface area contributed by atoms with E-state index in [-0.39, 0.29) is 37.0 Å². The van der Waals surface area contributed by atoms with Crippen molar-refractivity contribution >= 4 is 18.4 Å². The van der Waals surface area contributed by atoms with Crippen molar-refractivity contribution < 1.29 is 66.5 Å². The highest BCUT2D eigenvalue weighted by atomic mass is 16.9. The number of hydrogen-bond donors (Lipinski definition) is 2. The Labute approximate surface area is 353 Å². The molecule has 18 heteroatoms. The lowest BCUT2D eigenvalue weighted by atomic mass is 9.89. The Kier molecular flexibility index (Phi) is 14.9. The van der Waals surface area contributed by atoms with Crippen molar-refractivity contribution in [3.63, 3.8) is 0 Å². The van der Waals surface area contributed by atoms with Gasteiger partial charge in [-0.1, -0.05) is 30.3 Å². The van der Waals surface area contributed by atoms with E-state index >= 15 is 0 Å². The maximum atomic E-state index is 12.4. The SMILES string of the molecule is CCOC(=O)O[C@@H]1[C@H]2OC(C)(C)O[C@H]2O[C@@H]1CN1CCC(C)(N)CC1.CCOC(=O)O[C@@H]1[C@H]2OC(C)(C)O[C@H]2O[C@@H]1CN1CCC(C)(NC(=O)OCc2ccccc2)CC1. The number of nitrogens with two attached hydrogens (primary N) is 1. The first kappa shape index (κ1) is 46.2. The highest BCUT2D eigenvalue weighted by molar-refractivity contribution is 5.68. The first-order valence-electron chi connectivity index (χ1n) is 21.3. The lowest BCUT2D eigenvalue weighted by molar-refractivity contribution is -0.218. The standard InChI is InChI=1S/C25H36N2O8.C17H30N2O6/c1-5-30-23(29)33-19-18(32-21-20(19)34-24(2,3)35-21)15-27-13-11-25(4,12-14-27)26-22(28)31-16-17-9-7-6-8-10-17;1-5-21-15(20)23-12-11(10-19-8-6-17(4,18)7-9-19)22-14-13(12)24-16(2,3)25-14/h6-10,18-21H,5,11-16H2,1-4H3,(H,26,28);11-14H,5-10,18H2,1-4H3/t18-,19+,20-,21-;11-,12+,13-,14-/m11/s1. The molecule has 1 aromatic carbocycles. The van der Waals surface area contributed by atoms with Gasteiger partial charge in [0.1, 0.15) is 18.8 Å². The number of ether oxygens (including phenoxy) is 11. The van der Waals surface area contributed by atoms with Crippen molar-refractivity contribution in [1.29, 1.82) is 0 Å². The van der Waals surface area contributed by atoms with Crippen LogP contribution >= 0.6 is 0 Å². The molecule has 8 atom stereocenters. The highest BCUT2D eigenvalue weighted by Crippen LogP contribution is 2.41. The quantitative estimate of drug-likeness (QED) is 0.235. The van der Waals surface area contributed by atoms with Crippen LogP contribution in [0, 0.1) is 0 Å². The number of amides is 1. The second-order valence-electron chi connectivity index (χ2n) is 17.8. The molecule has 0 radical (unpaired) electrons. The molecule has 6 saturated heterocycles. The van der Waals surface area contributed by atoms with Gasteiger partial charge in [0.2, 0.25) is 0 Å². The van der Waals surface area contributed by atoms with Crippen molar-refractivity contribution in [1.82, 2.24) is 15.1 Å². The van der Waals surface area contributed by atoms with Crippen molar-refractivity contribution in [3.05, 3.63) is 35.9 Å². The maximum Gasteiger partial charge on any atom is 0.508 e. The van der Waals surface area contributed by atoms with E-state index < -0.39 is 73.1 Å². The summed E-state index contributed by atoms with van der Waals surface area (Å²) in [6.07, 6.45) is -2.57. The molecule has 0 bridgehead atoms. The molecule has 1 amide bonds. The third-order valence-electron chi connectivity index (χ3n) is 11.6. The molecule has 0 aromatic heterocycles. The van der Waals surface area contributed by atoms with Crippen LogP contribution in [-0.2, 0) is 58.7 Å². The molecule has 0 unspecified atom stereocenters. The van der Waals surface area contributed by atoms with Crippen molar-refractivity contribution in [3.8, 4) is 0 Å². The van der Waals surface area contributed by atoms with Crippen LogP contribution in [0.15, 0.2) is 30.3 Å². The van der Waals surface area contributed by atoms with Gasteiger partial charge < -0.3 is 73.0 Å². The summed E-state index contributed by atoms with van der Waals surface area (Å²) in [4.78, 5) is 40.8. The van der Waals surface area contributed by atoms with Gasteiger partial charge in [-0.25, -0.2) is 14.4 Å². The zero-order valence-electron chi connectivity index (χ0n) is 36.4. The van der Waals surface area contributed by atoms with Crippen LogP contribution < -0.4 is 11.1 Å². The van der Waals surface area contributed by atoms with Crippen LogP contribution in [-0.4, -0.2) is 153 Å². The number of fused-ring (bicyclic) bond motifs is 2. The van der Waals surface area contributed by atoms with Crippen molar-refractivity contribution in [2.75, 3.05) is 52.5 Å². The van der Waals surface area contributed by atoms with Crippen LogP contribution in [0.3, 0.4) is 0 Å². The summed E-state index contributed by atoms with van der Waals surface area (Å²) in [7, 11) is 0. The Morgan fingerprint density at radius 1 is 0.683 bits per heavy atom. The average molecular weight is 851 g/mol. The molecule has 0 spiro atoms. The topological polar surface area (TPSA) is 197 Å². The second-order valence-corrected chi connectivity index (χ2v) is 17.8. The predicted octanol–water partition coefficient (Wildman–Crippen LogP) is 4.40. The number of alkyl carbamates (subject to hydrolysis) is 1. The fraction of sp³-hybridized carbons (Fsp3) is 0.786. The van der Waals surface area contributed by atoms with Crippen LogP contribution in [0.4, 0.5) is 14.4 Å². The third-order valence-corrected chi connectivity index (χ3v) is 11.6. The average Bonchev–Trinajstić information content (AvgIpc) is 3.85. The first-order chi connectivity index (χ1) is 28.4. The molecule has 3 N–H and O–H groups in total. The molecule has 6 aliphatic rings. The van der Waals surface area contributed by atoms with E-state index in [1.54, 1.807) is 27.7 Å². The Morgan fingerprint density at radius 3 is 1.58 bits per heavy atom. The van der Waals surface area contributed by atoms with Crippen LogP contribution in [0.25, 0.3) is 0 Å². The van der Waals surface area contributed by atoms with E-state index in [0.717, 1.165) is 57.4 Å². The highest BCUT2D eigenvalue weighted by Gasteiger charge is 2.58. The number of carbonyl (C=O) groups is 3. The molecular formula is C42H66N4O14. The van der Waals surface area contributed by atoms with Gasteiger partial charge in [0, 0.05) is 37.3 Å². The molecule has 6 aliphatic heterocycles. The molecular weight excluding hydrogens is 784 g/mol. The number of likely N-dealkylation sites (tertiary alicyclic amines) is 2. The molecule has 7 rings (SSSR count). The summed E-state index contributed by atoms with van der Waals surface area (Å²) in [6.45, 7) is 20.0. The lowest BCUT2D eigenvalue weighted by Crippen LogP contribution is -2.55. The molecule has 18 nitrogen and oxygen atoms in total. The zero-order chi connectivity index (χ0) is 43.3. The predicted molar refractivity (Wildman–Crippen MR) is 213 cm³/mol. The Balaban J connectivity index is 0.000000213. The van der Waals surface area contributed by atoms with Gasteiger partial charge in [0.25, 0.3) is 0 Å². The summed E-state index contributed by atoms with van der Waals surface area (Å²) in [6, 6.07) is 9.59. The molecule has 6 fully saturated rings. The molecule has 338 valence electrons. The smallest absolute Gasteiger partial charge is 0.445 e. The van der Waals surface area contributed by atoms with E-state index in [0.29, 0.717) is 13.1 Å². The Hall–Kier alpha value is -3.33. The zero-order valence-corrected chi connectivity index (χ0v) is 36.4. The van der Waals surface area contributed by atoms with Gasteiger partial charge in [0.15, 0.2) is 48.6 Å². The van der Waals surface area contributed by atoms with E-state index in [2.05, 4.69) is 22.0 Å². The fourth-order valence-corrected chi connectivity index (χ4v) is 8.31. The van der Waals surface area contributed by atoms with Crippen LogP contribution in [0.1, 0.15) is 86.6 Å². The van der Waals surface area contributed by atoms with Gasteiger partial charge in [-0.2, -0.15) is 0 Å². The number of nitrogens with zero attached hydrogens (tertiary/aromatic N) is 2. The van der Waals surface area contributed by atoms with E-state index in [9.17, 15) is 14.4 Å². The largest absolute Gasteiger partial charge is 0.508 e. The van der Waals surface area contributed by atoms with Crippen molar-refractivity contribution in [2.24, 2.45) is 5.73 Å². The maximum absolute atomic E-state index is 12.4. The lowest BCUT2D eigenvalue weighted by Gasteiger charge is -2.40. The van der Waals surface area contributed by atoms with Gasteiger partial charge in [-0.3, -0.25) is 0 Å². The van der Waals surface area contributed by atoms with Gasteiger partial charge in [-0.05, 0) is 99.7 Å². The monoisotopic (exact) mass is 850 g/mol.